The van der Waals surface area contributed by atoms with E-state index < -0.39 is 10.8 Å². The first-order valence-electron chi connectivity index (χ1n) is 5.63. The van der Waals surface area contributed by atoms with E-state index in [-0.39, 0.29) is 5.28 Å². The number of nitrogens with zero attached hydrogens (tertiary/aromatic N) is 2. The predicted octanol–water partition coefficient (Wildman–Crippen LogP) is 2.46. The number of benzene rings is 1. The smallest absolute Gasteiger partial charge is 0.224 e. The van der Waals surface area contributed by atoms with Crippen LogP contribution in [-0.2, 0) is 10.8 Å². The summed E-state index contributed by atoms with van der Waals surface area (Å²) >= 11 is 5.88. The molecule has 0 bridgehead atoms. The molecule has 1 aromatic heterocycles. The summed E-state index contributed by atoms with van der Waals surface area (Å²) in [6.45, 7) is 0.719. The van der Waals surface area contributed by atoms with E-state index in [1.54, 1.807) is 6.26 Å². The van der Waals surface area contributed by atoms with Gasteiger partial charge in [-0.2, -0.15) is 0 Å². The van der Waals surface area contributed by atoms with Crippen LogP contribution in [0.25, 0.3) is 10.9 Å². The summed E-state index contributed by atoms with van der Waals surface area (Å²) in [6.07, 6.45) is 2.54. The number of fused-ring (bicyclic) bond motifs is 1. The number of hydrogen-bond acceptors (Lipinski definition) is 4. The van der Waals surface area contributed by atoms with Gasteiger partial charge in [-0.05, 0) is 30.2 Å². The Morgan fingerprint density at radius 3 is 2.89 bits per heavy atom. The summed E-state index contributed by atoms with van der Waals surface area (Å²) in [4.78, 5) is 8.34. The molecule has 0 aliphatic carbocycles. The average molecular weight is 284 g/mol. The second-order valence-corrected chi connectivity index (χ2v) is 5.81. The fourth-order valence-electron chi connectivity index (χ4n) is 1.67. The highest BCUT2D eigenvalue weighted by molar-refractivity contribution is 7.84. The largest absolute Gasteiger partial charge is 0.369 e. The fourth-order valence-corrected chi connectivity index (χ4v) is 2.39. The molecule has 1 unspecified atom stereocenters. The molecule has 4 nitrogen and oxygen atoms in total. The molecule has 6 heteroatoms. The van der Waals surface area contributed by atoms with Gasteiger partial charge in [0.25, 0.3) is 0 Å². The van der Waals surface area contributed by atoms with Gasteiger partial charge < -0.3 is 5.32 Å². The van der Waals surface area contributed by atoms with Crippen LogP contribution in [0.5, 0.6) is 0 Å². The molecular weight excluding hydrogens is 270 g/mol. The van der Waals surface area contributed by atoms with Gasteiger partial charge in [0.05, 0.1) is 5.52 Å². The van der Waals surface area contributed by atoms with Gasteiger partial charge in [0.15, 0.2) is 0 Å². The molecule has 1 N–H and O–H groups in total. The van der Waals surface area contributed by atoms with Crippen molar-refractivity contribution in [3.63, 3.8) is 0 Å². The Labute approximate surface area is 113 Å². The van der Waals surface area contributed by atoms with Crippen molar-refractivity contribution < 1.29 is 4.21 Å². The third-order valence-electron chi connectivity index (χ3n) is 2.48. The standard InChI is InChI=1S/C12H14ClN3OS/c1-18(17)8-4-7-14-11-9-5-2-3-6-10(9)15-12(13)16-11/h2-3,5-6H,4,7-8H2,1H3,(H,14,15,16). The molecule has 0 aliphatic rings. The lowest BCUT2D eigenvalue weighted by atomic mass is 10.2. The highest BCUT2D eigenvalue weighted by atomic mass is 35.5. The second-order valence-electron chi connectivity index (χ2n) is 3.92. The van der Waals surface area contributed by atoms with Crippen LogP contribution in [0.4, 0.5) is 5.82 Å². The van der Waals surface area contributed by atoms with Crippen molar-refractivity contribution in [1.82, 2.24) is 9.97 Å². The van der Waals surface area contributed by atoms with Crippen molar-refractivity contribution in [3.8, 4) is 0 Å². The van der Waals surface area contributed by atoms with Crippen LogP contribution in [0.3, 0.4) is 0 Å². The molecular formula is C12H14ClN3OS. The molecule has 0 fully saturated rings. The van der Waals surface area contributed by atoms with Gasteiger partial charge in [0.1, 0.15) is 5.82 Å². The number of aromatic nitrogens is 2. The monoisotopic (exact) mass is 283 g/mol. The maximum absolute atomic E-state index is 11.0. The van der Waals surface area contributed by atoms with Crippen LogP contribution in [0, 0.1) is 0 Å². The summed E-state index contributed by atoms with van der Waals surface area (Å²) in [5, 5.41) is 4.39. The number of halogens is 1. The Morgan fingerprint density at radius 2 is 2.11 bits per heavy atom. The highest BCUT2D eigenvalue weighted by Crippen LogP contribution is 2.21. The number of nitrogens with one attached hydrogen (secondary N) is 1. The van der Waals surface area contributed by atoms with Crippen molar-refractivity contribution in [1.29, 1.82) is 0 Å². The number of para-hydroxylation sites is 1. The minimum atomic E-state index is -0.754. The Morgan fingerprint density at radius 1 is 1.33 bits per heavy atom. The van der Waals surface area contributed by atoms with Gasteiger partial charge in [0, 0.05) is 34.7 Å². The van der Waals surface area contributed by atoms with E-state index in [1.807, 2.05) is 24.3 Å². The van der Waals surface area contributed by atoms with Gasteiger partial charge in [-0.25, -0.2) is 9.97 Å². The van der Waals surface area contributed by atoms with E-state index in [1.165, 1.54) is 0 Å². The van der Waals surface area contributed by atoms with Crippen LogP contribution in [0.15, 0.2) is 24.3 Å². The first-order chi connectivity index (χ1) is 8.66. The van der Waals surface area contributed by atoms with Gasteiger partial charge in [0.2, 0.25) is 5.28 Å². The van der Waals surface area contributed by atoms with Crippen molar-refractivity contribution in [3.05, 3.63) is 29.5 Å². The topological polar surface area (TPSA) is 54.9 Å². The second kappa shape index (κ2) is 6.11. The van der Waals surface area contributed by atoms with E-state index in [0.29, 0.717) is 5.75 Å². The molecule has 0 saturated heterocycles. The number of hydrogen-bond donors (Lipinski definition) is 1. The van der Waals surface area contributed by atoms with Crippen LogP contribution in [0.2, 0.25) is 5.28 Å². The van der Waals surface area contributed by atoms with Crippen molar-refractivity contribution in [2.45, 2.75) is 6.42 Å². The molecule has 18 heavy (non-hydrogen) atoms. The van der Waals surface area contributed by atoms with E-state index in [4.69, 9.17) is 11.6 Å². The van der Waals surface area contributed by atoms with Gasteiger partial charge in [-0.1, -0.05) is 12.1 Å². The number of anilines is 1. The van der Waals surface area contributed by atoms with Gasteiger partial charge in [-0.3, -0.25) is 4.21 Å². The minimum Gasteiger partial charge on any atom is -0.369 e. The highest BCUT2D eigenvalue weighted by Gasteiger charge is 2.05. The third-order valence-corrected chi connectivity index (χ3v) is 3.51. The fraction of sp³-hybridized carbons (Fsp3) is 0.333. The van der Waals surface area contributed by atoms with Gasteiger partial charge in [-0.15, -0.1) is 0 Å². The molecule has 2 rings (SSSR count). The zero-order chi connectivity index (χ0) is 13.0. The lowest BCUT2D eigenvalue weighted by Gasteiger charge is -2.08. The van der Waals surface area contributed by atoms with Crippen LogP contribution in [-0.4, -0.2) is 32.7 Å². The first-order valence-corrected chi connectivity index (χ1v) is 7.73. The quantitative estimate of drug-likeness (QED) is 0.676. The lowest BCUT2D eigenvalue weighted by molar-refractivity contribution is 0.685. The molecule has 0 spiro atoms. The predicted molar refractivity (Wildman–Crippen MR) is 76.6 cm³/mol. The SMILES string of the molecule is CS(=O)CCCNc1nc(Cl)nc2ccccc12. The lowest BCUT2D eigenvalue weighted by Crippen LogP contribution is -2.08. The molecule has 1 aromatic carbocycles. The Kier molecular flexibility index (Phi) is 4.49. The van der Waals surface area contributed by atoms with E-state index in [9.17, 15) is 4.21 Å². The van der Waals surface area contributed by atoms with Crippen molar-refractivity contribution >= 4 is 39.1 Å². The van der Waals surface area contributed by atoms with Gasteiger partial charge >= 0.3 is 0 Å². The van der Waals surface area contributed by atoms with E-state index >= 15 is 0 Å². The molecule has 1 atom stereocenters. The average Bonchev–Trinajstić information content (AvgIpc) is 2.34. The van der Waals surface area contributed by atoms with E-state index in [2.05, 4.69) is 15.3 Å². The molecule has 2 aromatic rings. The molecule has 0 radical (unpaired) electrons. The van der Waals surface area contributed by atoms with Crippen molar-refractivity contribution in [2.75, 3.05) is 23.9 Å². The number of rotatable bonds is 5. The van der Waals surface area contributed by atoms with Crippen molar-refractivity contribution in [2.24, 2.45) is 0 Å². The Hall–Kier alpha value is -1.20. The Bertz CT molecular complexity index is 576. The maximum Gasteiger partial charge on any atom is 0.224 e. The third kappa shape index (κ3) is 3.40. The molecule has 0 aliphatic heterocycles. The summed E-state index contributed by atoms with van der Waals surface area (Å²) in [7, 11) is -0.754. The zero-order valence-electron chi connectivity index (χ0n) is 10.0. The van der Waals surface area contributed by atoms with Crippen LogP contribution in [0.1, 0.15) is 6.42 Å². The van der Waals surface area contributed by atoms with Crippen LogP contribution >= 0.6 is 11.6 Å². The Balaban J connectivity index is 2.14. The molecule has 0 saturated carbocycles. The summed E-state index contributed by atoms with van der Waals surface area (Å²) in [5.74, 6) is 1.41. The summed E-state index contributed by atoms with van der Waals surface area (Å²) in [5.41, 5.74) is 0.819. The first kappa shape index (κ1) is 13.2. The van der Waals surface area contributed by atoms with Crippen LogP contribution < -0.4 is 5.32 Å². The normalized spacial score (nSPS) is 12.6. The minimum absolute atomic E-state index is 0.232. The zero-order valence-corrected chi connectivity index (χ0v) is 11.6. The molecule has 0 amide bonds. The summed E-state index contributed by atoms with van der Waals surface area (Å²) < 4.78 is 11.0. The maximum atomic E-state index is 11.0. The summed E-state index contributed by atoms with van der Waals surface area (Å²) in [6, 6.07) is 7.70. The molecule has 96 valence electrons. The van der Waals surface area contributed by atoms with E-state index in [0.717, 1.165) is 29.7 Å². The molecule has 1 heterocycles.